The number of aryl methyl sites for hydroxylation is 1. The van der Waals surface area contributed by atoms with Crippen LogP contribution in [0, 0.1) is 17.1 Å². The molecule has 5 heteroatoms. The molecule has 1 aliphatic rings. The summed E-state index contributed by atoms with van der Waals surface area (Å²) in [7, 11) is 0. The summed E-state index contributed by atoms with van der Waals surface area (Å²) in [5.41, 5.74) is 3.26. The first-order valence-electron chi connectivity index (χ1n) is 7.77. The van der Waals surface area contributed by atoms with Gasteiger partial charge < -0.3 is 4.74 Å². The molecule has 0 spiro atoms. The van der Waals surface area contributed by atoms with Crippen LogP contribution in [0.1, 0.15) is 25.5 Å². The number of hydrogen-bond acceptors (Lipinski definition) is 3. The Morgan fingerprint density at radius 1 is 1.43 bits per heavy atom. The number of nitriles is 1. The van der Waals surface area contributed by atoms with Crippen LogP contribution in [0.25, 0.3) is 5.52 Å². The van der Waals surface area contributed by atoms with Gasteiger partial charge >= 0.3 is 6.71 Å². The third kappa shape index (κ3) is 2.82. The summed E-state index contributed by atoms with van der Waals surface area (Å²) < 4.78 is 7.33. The van der Waals surface area contributed by atoms with E-state index in [0.717, 1.165) is 55.5 Å². The Kier molecular flexibility index (Phi) is 4.26. The lowest BCUT2D eigenvalue weighted by atomic mass is 9.41. The van der Waals surface area contributed by atoms with Crippen molar-refractivity contribution in [2.45, 2.75) is 32.5 Å². The molecule has 0 unspecified atom stereocenters. The van der Waals surface area contributed by atoms with Gasteiger partial charge in [0.2, 0.25) is 0 Å². The van der Waals surface area contributed by atoms with E-state index in [-0.39, 0.29) is 6.71 Å². The van der Waals surface area contributed by atoms with E-state index in [1.165, 1.54) is 0 Å². The second-order valence-electron chi connectivity index (χ2n) is 5.72. The second-order valence-corrected chi connectivity index (χ2v) is 5.72. The predicted octanol–water partition coefficient (Wildman–Crippen LogP) is 2.09. The molecule has 0 N–H and O–H groups in total. The van der Waals surface area contributed by atoms with Crippen LogP contribution < -0.4 is 5.46 Å². The van der Waals surface area contributed by atoms with Gasteiger partial charge in [0.15, 0.2) is 0 Å². The van der Waals surface area contributed by atoms with Crippen LogP contribution in [0.2, 0.25) is 6.32 Å². The van der Waals surface area contributed by atoms with Crippen LogP contribution in [0.5, 0.6) is 0 Å². The smallest absolute Gasteiger partial charge is 0.304 e. The van der Waals surface area contributed by atoms with Gasteiger partial charge in [0.05, 0.1) is 11.2 Å². The monoisotopic (exact) mass is 281 g/mol. The van der Waals surface area contributed by atoms with Gasteiger partial charge in [0.1, 0.15) is 0 Å². The molecule has 0 bridgehead atoms. The normalized spacial score (nSPS) is 16.0. The van der Waals surface area contributed by atoms with E-state index in [4.69, 9.17) is 4.74 Å². The molecular formula is C16H20BN3O. The lowest BCUT2D eigenvalue weighted by Crippen LogP contribution is -2.34. The Labute approximate surface area is 125 Å². The van der Waals surface area contributed by atoms with Gasteiger partial charge in [-0.2, -0.15) is 5.10 Å². The average Bonchev–Trinajstić information content (AvgIpc) is 2.92. The number of fused-ring (bicyclic) bond motifs is 1. The first kappa shape index (κ1) is 14.2. The van der Waals surface area contributed by atoms with Crippen molar-refractivity contribution in [3.63, 3.8) is 0 Å². The Morgan fingerprint density at radius 2 is 2.24 bits per heavy atom. The van der Waals surface area contributed by atoms with Gasteiger partial charge in [-0.15, -0.1) is 0 Å². The van der Waals surface area contributed by atoms with Gasteiger partial charge in [-0.25, -0.2) is 9.78 Å². The van der Waals surface area contributed by atoms with Crippen molar-refractivity contribution in [1.29, 1.82) is 5.26 Å². The maximum absolute atomic E-state index is 9.69. The fourth-order valence-electron chi connectivity index (χ4n) is 3.26. The highest BCUT2D eigenvalue weighted by Crippen LogP contribution is 2.21. The first-order valence-corrected chi connectivity index (χ1v) is 7.77. The number of ether oxygens (including phenoxy) is 1. The minimum atomic E-state index is -0.0667. The molecule has 3 rings (SSSR count). The van der Waals surface area contributed by atoms with E-state index >= 15 is 0 Å². The Balaban J connectivity index is 1.94. The summed E-state index contributed by atoms with van der Waals surface area (Å²) in [5, 5.41) is 14.3. The Hall–Kier alpha value is -1.80. The standard InChI is InChI=1S/C16H20BN3O/c1-2-14-16(15-5-3-4-8-20(15)19-14)17(12-18)11-13-6-9-21-10-7-13/h3-5,8,13H,2,6-7,9-11H2,1H3. The van der Waals surface area contributed by atoms with Crippen molar-refractivity contribution in [3.05, 3.63) is 30.1 Å². The summed E-state index contributed by atoms with van der Waals surface area (Å²) in [6.07, 6.45) is 5.88. The zero-order valence-electron chi connectivity index (χ0n) is 12.5. The number of hydrogen-bond donors (Lipinski definition) is 0. The highest BCUT2D eigenvalue weighted by molar-refractivity contribution is 6.82. The summed E-state index contributed by atoms with van der Waals surface area (Å²) >= 11 is 0. The first-order chi connectivity index (χ1) is 10.3. The van der Waals surface area contributed by atoms with E-state index in [9.17, 15) is 5.26 Å². The molecule has 3 heterocycles. The number of rotatable bonds is 4. The van der Waals surface area contributed by atoms with E-state index in [2.05, 4.69) is 24.1 Å². The molecule has 2 aromatic rings. The maximum Gasteiger partial charge on any atom is 0.304 e. The SMILES string of the molecule is CCc1nn2ccccc2c1B(C#N)CC1CCOCC1. The Bertz CT molecular complexity index is 655. The second kappa shape index (κ2) is 6.32. The molecule has 0 amide bonds. The molecule has 0 aliphatic carbocycles. The zero-order valence-corrected chi connectivity index (χ0v) is 12.5. The number of aromatic nitrogens is 2. The lowest BCUT2D eigenvalue weighted by molar-refractivity contribution is 0.0715. The van der Waals surface area contributed by atoms with Crippen molar-refractivity contribution in [1.82, 2.24) is 9.61 Å². The summed E-state index contributed by atoms with van der Waals surface area (Å²) in [5.74, 6) is 3.11. The van der Waals surface area contributed by atoms with Crippen LogP contribution >= 0.6 is 0 Å². The highest BCUT2D eigenvalue weighted by atomic mass is 16.5. The van der Waals surface area contributed by atoms with Crippen molar-refractivity contribution < 1.29 is 4.74 Å². The molecule has 1 saturated heterocycles. The van der Waals surface area contributed by atoms with Crippen LogP contribution in [-0.2, 0) is 11.2 Å². The lowest BCUT2D eigenvalue weighted by Gasteiger charge is -2.22. The quantitative estimate of drug-likeness (QED) is 0.806. The van der Waals surface area contributed by atoms with E-state index in [1.54, 1.807) is 0 Å². The highest BCUT2D eigenvalue weighted by Gasteiger charge is 2.29. The van der Waals surface area contributed by atoms with E-state index in [1.807, 2.05) is 22.8 Å². The molecule has 0 aromatic carbocycles. The molecule has 0 atom stereocenters. The van der Waals surface area contributed by atoms with E-state index in [0.29, 0.717) is 5.92 Å². The fourth-order valence-corrected chi connectivity index (χ4v) is 3.26. The largest absolute Gasteiger partial charge is 0.381 e. The zero-order chi connectivity index (χ0) is 14.7. The third-order valence-electron chi connectivity index (χ3n) is 4.40. The maximum atomic E-state index is 9.69. The van der Waals surface area contributed by atoms with Crippen molar-refractivity contribution in [2.24, 2.45) is 5.92 Å². The molecular weight excluding hydrogens is 261 g/mol. The third-order valence-corrected chi connectivity index (χ3v) is 4.40. The molecule has 1 fully saturated rings. The molecule has 0 radical (unpaired) electrons. The van der Waals surface area contributed by atoms with Crippen LogP contribution in [0.3, 0.4) is 0 Å². The van der Waals surface area contributed by atoms with Gasteiger partial charge in [-0.1, -0.05) is 19.3 Å². The van der Waals surface area contributed by atoms with Gasteiger partial charge in [0, 0.05) is 25.4 Å². The molecule has 21 heavy (non-hydrogen) atoms. The molecule has 2 aromatic heterocycles. The molecule has 1 aliphatic heterocycles. The minimum Gasteiger partial charge on any atom is -0.381 e. The van der Waals surface area contributed by atoms with Crippen molar-refractivity contribution >= 4 is 17.7 Å². The molecule has 0 saturated carbocycles. The summed E-state index contributed by atoms with van der Waals surface area (Å²) in [6.45, 7) is 3.70. The van der Waals surface area contributed by atoms with Crippen molar-refractivity contribution in [3.8, 4) is 5.97 Å². The molecule has 4 nitrogen and oxygen atoms in total. The van der Waals surface area contributed by atoms with Crippen LogP contribution in [0.4, 0.5) is 0 Å². The van der Waals surface area contributed by atoms with E-state index < -0.39 is 0 Å². The molecule has 108 valence electrons. The Morgan fingerprint density at radius 3 is 2.95 bits per heavy atom. The predicted molar refractivity (Wildman–Crippen MR) is 83.9 cm³/mol. The topological polar surface area (TPSA) is 50.3 Å². The van der Waals surface area contributed by atoms with Crippen molar-refractivity contribution in [2.75, 3.05) is 13.2 Å². The minimum absolute atomic E-state index is 0.0667. The summed E-state index contributed by atoms with van der Waals surface area (Å²) in [4.78, 5) is 0. The number of pyridine rings is 1. The summed E-state index contributed by atoms with van der Waals surface area (Å²) in [6, 6.07) is 6.06. The number of nitrogens with zero attached hydrogens (tertiary/aromatic N) is 3. The van der Waals surface area contributed by atoms with Gasteiger partial charge in [-0.3, -0.25) is 0 Å². The van der Waals surface area contributed by atoms with Crippen LogP contribution in [0.15, 0.2) is 24.4 Å². The van der Waals surface area contributed by atoms with Crippen LogP contribution in [-0.4, -0.2) is 29.5 Å². The average molecular weight is 281 g/mol. The van der Waals surface area contributed by atoms with Gasteiger partial charge in [-0.05, 0) is 42.8 Å². The van der Waals surface area contributed by atoms with Gasteiger partial charge in [0.25, 0.3) is 0 Å². The fraction of sp³-hybridized carbons (Fsp3) is 0.500.